The van der Waals surface area contributed by atoms with Crippen molar-refractivity contribution in [3.63, 3.8) is 0 Å². The van der Waals surface area contributed by atoms with Crippen molar-refractivity contribution >= 4 is 5.91 Å². The molecule has 0 bridgehead atoms. The van der Waals surface area contributed by atoms with Gasteiger partial charge in [-0.05, 0) is 38.5 Å². The number of hydrogen-bond acceptors (Lipinski definition) is 5. The van der Waals surface area contributed by atoms with E-state index in [4.69, 9.17) is 9.26 Å². The van der Waals surface area contributed by atoms with E-state index in [0.29, 0.717) is 56.3 Å². The molecule has 0 aliphatic carbocycles. The Balaban J connectivity index is 1.62. The lowest BCUT2D eigenvalue weighted by atomic mass is 10.1. The lowest BCUT2D eigenvalue weighted by Crippen LogP contribution is -2.36. The van der Waals surface area contributed by atoms with Crippen molar-refractivity contribution in [2.24, 2.45) is 0 Å². The van der Waals surface area contributed by atoms with Crippen molar-refractivity contribution in [3.8, 4) is 5.75 Å². The maximum absolute atomic E-state index is 12.9. The number of halogens is 2. The molecule has 1 aromatic heterocycles. The SMILES string of the molecule is Cc1noc(C)c1COc1cccc(C(=O)N2CCCN(CC(F)F)CC2)c1. The van der Waals surface area contributed by atoms with Crippen molar-refractivity contribution in [3.05, 3.63) is 46.8 Å². The van der Waals surface area contributed by atoms with Crippen LogP contribution < -0.4 is 4.74 Å². The molecule has 1 aromatic carbocycles. The summed E-state index contributed by atoms with van der Waals surface area (Å²) in [5.74, 6) is 1.18. The van der Waals surface area contributed by atoms with Gasteiger partial charge in [0.1, 0.15) is 18.1 Å². The number of nitrogens with zero attached hydrogens (tertiary/aromatic N) is 3. The van der Waals surface area contributed by atoms with Crippen LogP contribution in [-0.4, -0.2) is 60.0 Å². The molecule has 0 atom stereocenters. The van der Waals surface area contributed by atoms with Gasteiger partial charge in [-0.1, -0.05) is 11.2 Å². The molecule has 152 valence electrons. The second-order valence-electron chi connectivity index (χ2n) is 6.96. The molecule has 3 rings (SSSR count). The van der Waals surface area contributed by atoms with Gasteiger partial charge in [-0.15, -0.1) is 0 Å². The van der Waals surface area contributed by atoms with Crippen molar-refractivity contribution < 1.29 is 22.8 Å². The summed E-state index contributed by atoms with van der Waals surface area (Å²) in [6, 6.07) is 7.02. The minimum absolute atomic E-state index is 0.110. The highest BCUT2D eigenvalue weighted by molar-refractivity contribution is 5.94. The van der Waals surface area contributed by atoms with Gasteiger partial charge in [0.15, 0.2) is 0 Å². The summed E-state index contributed by atoms with van der Waals surface area (Å²) in [5.41, 5.74) is 2.20. The Morgan fingerprint density at radius 1 is 1.25 bits per heavy atom. The van der Waals surface area contributed by atoms with E-state index >= 15 is 0 Å². The zero-order valence-electron chi connectivity index (χ0n) is 16.2. The second kappa shape index (κ2) is 9.14. The molecule has 8 heteroatoms. The molecule has 1 aliphatic rings. The normalized spacial score (nSPS) is 15.7. The van der Waals surface area contributed by atoms with E-state index in [1.165, 1.54) is 0 Å². The fourth-order valence-corrected chi connectivity index (χ4v) is 3.32. The summed E-state index contributed by atoms with van der Waals surface area (Å²) >= 11 is 0. The zero-order valence-corrected chi connectivity index (χ0v) is 16.2. The Hall–Kier alpha value is -2.48. The van der Waals surface area contributed by atoms with Crippen LogP contribution in [0.25, 0.3) is 0 Å². The number of alkyl halides is 2. The Labute approximate surface area is 163 Å². The number of ether oxygens (including phenoxy) is 1. The maximum Gasteiger partial charge on any atom is 0.254 e. The molecule has 2 aromatic rings. The molecule has 0 radical (unpaired) electrons. The first-order chi connectivity index (χ1) is 13.4. The predicted molar refractivity (Wildman–Crippen MR) is 99.7 cm³/mol. The summed E-state index contributed by atoms with van der Waals surface area (Å²) in [7, 11) is 0. The van der Waals surface area contributed by atoms with E-state index < -0.39 is 6.43 Å². The Kier molecular flexibility index (Phi) is 6.61. The van der Waals surface area contributed by atoms with E-state index in [2.05, 4.69) is 5.16 Å². The fraction of sp³-hybridized carbons (Fsp3) is 0.500. The smallest absolute Gasteiger partial charge is 0.254 e. The zero-order chi connectivity index (χ0) is 20.1. The molecular weight excluding hydrogens is 368 g/mol. The Morgan fingerprint density at radius 3 is 2.79 bits per heavy atom. The van der Waals surface area contributed by atoms with Crippen molar-refractivity contribution in [1.82, 2.24) is 15.0 Å². The van der Waals surface area contributed by atoms with Crippen LogP contribution in [0.1, 0.15) is 33.8 Å². The summed E-state index contributed by atoms with van der Waals surface area (Å²) in [4.78, 5) is 16.3. The fourth-order valence-electron chi connectivity index (χ4n) is 3.32. The molecule has 1 saturated heterocycles. The van der Waals surface area contributed by atoms with Crippen LogP contribution in [0.2, 0.25) is 0 Å². The van der Waals surface area contributed by atoms with Crippen molar-refractivity contribution in [1.29, 1.82) is 0 Å². The topological polar surface area (TPSA) is 58.8 Å². The van der Waals surface area contributed by atoms with E-state index in [9.17, 15) is 13.6 Å². The molecular formula is C20H25F2N3O3. The van der Waals surface area contributed by atoms with Gasteiger partial charge < -0.3 is 14.2 Å². The van der Waals surface area contributed by atoms with E-state index in [-0.39, 0.29) is 12.5 Å². The molecule has 0 N–H and O–H groups in total. The van der Waals surface area contributed by atoms with Crippen molar-refractivity contribution in [2.75, 3.05) is 32.7 Å². The van der Waals surface area contributed by atoms with Gasteiger partial charge in [0.25, 0.3) is 12.3 Å². The largest absolute Gasteiger partial charge is 0.489 e. The van der Waals surface area contributed by atoms with Gasteiger partial charge in [0, 0.05) is 31.7 Å². The average molecular weight is 393 g/mol. The number of benzene rings is 1. The van der Waals surface area contributed by atoms with Gasteiger partial charge in [-0.25, -0.2) is 8.78 Å². The standard InChI is InChI=1S/C20H25F2N3O3/c1-14-18(15(2)28-23-14)13-27-17-6-3-5-16(11-17)20(26)25-8-4-7-24(9-10-25)12-19(21)22/h3,5-6,11,19H,4,7-10,12-13H2,1-2H3. The molecule has 1 fully saturated rings. The summed E-state index contributed by atoms with van der Waals surface area (Å²) in [5, 5.41) is 3.90. The van der Waals surface area contributed by atoms with E-state index in [0.717, 1.165) is 11.3 Å². The first-order valence-corrected chi connectivity index (χ1v) is 9.38. The average Bonchev–Trinajstić information content (AvgIpc) is 2.84. The Morgan fingerprint density at radius 2 is 2.07 bits per heavy atom. The predicted octanol–water partition coefficient (Wildman–Crippen LogP) is 3.28. The van der Waals surface area contributed by atoms with Gasteiger partial charge in [-0.2, -0.15) is 0 Å². The summed E-state index contributed by atoms with van der Waals surface area (Å²) in [6.45, 7) is 5.78. The van der Waals surface area contributed by atoms with Crippen LogP contribution in [-0.2, 0) is 6.61 Å². The number of carbonyl (C=O) groups excluding carboxylic acids is 1. The highest BCUT2D eigenvalue weighted by Gasteiger charge is 2.22. The third-order valence-electron chi connectivity index (χ3n) is 4.92. The van der Waals surface area contributed by atoms with Crippen LogP contribution in [0.15, 0.2) is 28.8 Å². The monoisotopic (exact) mass is 393 g/mol. The number of rotatable bonds is 6. The number of amides is 1. The first-order valence-electron chi connectivity index (χ1n) is 9.38. The number of hydrogen-bond donors (Lipinski definition) is 0. The molecule has 1 aliphatic heterocycles. The van der Waals surface area contributed by atoms with Gasteiger partial charge in [-0.3, -0.25) is 9.69 Å². The molecule has 0 unspecified atom stereocenters. The molecule has 0 saturated carbocycles. The van der Waals surface area contributed by atoms with Gasteiger partial charge in [0.05, 0.1) is 17.8 Å². The molecule has 28 heavy (non-hydrogen) atoms. The lowest BCUT2D eigenvalue weighted by Gasteiger charge is -2.22. The Bertz CT molecular complexity index is 790. The third kappa shape index (κ3) is 5.07. The summed E-state index contributed by atoms with van der Waals surface area (Å²) in [6.07, 6.45) is -1.67. The van der Waals surface area contributed by atoms with Crippen LogP contribution in [0.3, 0.4) is 0 Å². The lowest BCUT2D eigenvalue weighted by molar-refractivity contribution is 0.0742. The number of aryl methyl sites for hydroxylation is 2. The first kappa shape index (κ1) is 20.3. The molecule has 1 amide bonds. The second-order valence-corrected chi connectivity index (χ2v) is 6.96. The third-order valence-corrected chi connectivity index (χ3v) is 4.92. The molecule has 6 nitrogen and oxygen atoms in total. The van der Waals surface area contributed by atoms with Gasteiger partial charge >= 0.3 is 0 Å². The maximum atomic E-state index is 12.9. The summed E-state index contributed by atoms with van der Waals surface area (Å²) < 4.78 is 36.1. The van der Waals surface area contributed by atoms with Crippen LogP contribution >= 0.6 is 0 Å². The minimum atomic E-state index is -2.35. The van der Waals surface area contributed by atoms with Crippen molar-refractivity contribution in [2.45, 2.75) is 33.3 Å². The van der Waals surface area contributed by atoms with Crippen LogP contribution in [0, 0.1) is 13.8 Å². The van der Waals surface area contributed by atoms with Crippen LogP contribution in [0.4, 0.5) is 8.78 Å². The minimum Gasteiger partial charge on any atom is -0.489 e. The highest BCUT2D eigenvalue weighted by atomic mass is 19.3. The number of aromatic nitrogens is 1. The van der Waals surface area contributed by atoms with E-state index in [1.54, 1.807) is 34.1 Å². The highest BCUT2D eigenvalue weighted by Crippen LogP contribution is 2.20. The quantitative estimate of drug-likeness (QED) is 0.754. The molecule has 2 heterocycles. The van der Waals surface area contributed by atoms with Crippen LogP contribution in [0.5, 0.6) is 5.75 Å². The van der Waals surface area contributed by atoms with E-state index in [1.807, 2.05) is 13.8 Å². The molecule has 0 spiro atoms. The van der Waals surface area contributed by atoms with Gasteiger partial charge in [0.2, 0.25) is 0 Å². The number of carbonyl (C=O) groups is 1.